The van der Waals surface area contributed by atoms with Crippen LogP contribution in [0.4, 0.5) is 34.1 Å². The number of fused-ring (bicyclic) bond motifs is 5. The van der Waals surface area contributed by atoms with Crippen LogP contribution in [0.15, 0.2) is 194 Å². The summed E-state index contributed by atoms with van der Waals surface area (Å²) in [6.07, 6.45) is 0. The lowest BCUT2D eigenvalue weighted by Gasteiger charge is -2.36. The van der Waals surface area contributed by atoms with Crippen molar-refractivity contribution in [1.82, 2.24) is 0 Å². The van der Waals surface area contributed by atoms with E-state index in [2.05, 4.69) is 217 Å². The molecule has 0 N–H and O–H groups in total. The third-order valence-electron chi connectivity index (χ3n) is 11.2. The van der Waals surface area contributed by atoms with Gasteiger partial charge in [0, 0.05) is 33.8 Å². The van der Waals surface area contributed by atoms with Crippen LogP contribution in [0.3, 0.4) is 0 Å². The van der Waals surface area contributed by atoms with Crippen molar-refractivity contribution in [3.8, 4) is 11.1 Å². The number of anilines is 6. The number of para-hydroxylation sites is 3. The zero-order valence-corrected chi connectivity index (χ0v) is 30.9. The zero-order chi connectivity index (χ0) is 35.5. The van der Waals surface area contributed by atoms with E-state index in [0.717, 1.165) is 22.7 Å². The molecule has 252 valence electrons. The van der Waals surface area contributed by atoms with E-state index in [4.69, 9.17) is 0 Å². The van der Waals surface area contributed by atoms with Crippen LogP contribution in [0.2, 0.25) is 13.1 Å². The quantitative estimate of drug-likeness (QED) is 0.126. The summed E-state index contributed by atoms with van der Waals surface area (Å²) >= 11 is 0. The molecule has 0 aromatic heterocycles. The van der Waals surface area contributed by atoms with E-state index >= 15 is 0 Å². The summed E-state index contributed by atoms with van der Waals surface area (Å²) in [5.74, 6) is 0. The molecule has 0 amide bonds. The molecule has 3 heteroatoms. The Labute approximate surface area is 311 Å². The van der Waals surface area contributed by atoms with Crippen molar-refractivity contribution < 1.29 is 0 Å². The molecule has 0 saturated carbocycles. The number of benzene rings is 9. The van der Waals surface area contributed by atoms with Crippen molar-refractivity contribution >= 4 is 84.9 Å². The van der Waals surface area contributed by atoms with Gasteiger partial charge in [-0.1, -0.05) is 140 Å². The van der Waals surface area contributed by atoms with Gasteiger partial charge in [0.05, 0.1) is 5.69 Å². The minimum Gasteiger partial charge on any atom is -0.311 e. The topological polar surface area (TPSA) is 6.48 Å². The van der Waals surface area contributed by atoms with Gasteiger partial charge in [-0.3, -0.25) is 0 Å². The molecule has 0 saturated heterocycles. The second kappa shape index (κ2) is 12.4. The minimum absolute atomic E-state index is 1.15. The lowest BCUT2D eigenvalue weighted by atomic mass is 9.95. The molecule has 9 aromatic carbocycles. The Morgan fingerprint density at radius 3 is 1.60 bits per heavy atom. The van der Waals surface area contributed by atoms with E-state index in [9.17, 15) is 0 Å². The lowest BCUT2D eigenvalue weighted by molar-refractivity contribution is 1.28. The van der Waals surface area contributed by atoms with Crippen LogP contribution in [-0.4, -0.2) is 8.07 Å². The average molecular weight is 695 g/mol. The van der Waals surface area contributed by atoms with E-state index in [1.165, 1.54) is 65.2 Å². The Kier molecular flexibility index (Phi) is 7.31. The van der Waals surface area contributed by atoms with Crippen LogP contribution in [0.1, 0.15) is 0 Å². The molecule has 10 rings (SSSR count). The summed E-state index contributed by atoms with van der Waals surface area (Å²) in [6, 6.07) is 71.3. The third kappa shape index (κ3) is 5.08. The SMILES string of the molecule is C[Si]1(C)c2cc(N(c3ccccc3)c3ccccc3)ccc2-c2ccc(N(c3ccccc3)c3ccc4c(ccc5ccccc54)c3)c3cccc1c23. The van der Waals surface area contributed by atoms with Crippen LogP contribution < -0.4 is 20.2 Å². The Morgan fingerprint density at radius 1 is 0.340 bits per heavy atom. The maximum Gasteiger partial charge on any atom is 0.113 e. The summed E-state index contributed by atoms with van der Waals surface area (Å²) < 4.78 is 0. The second-order valence-corrected chi connectivity index (χ2v) is 18.9. The first-order valence-electron chi connectivity index (χ1n) is 18.4. The molecule has 1 aliphatic rings. The van der Waals surface area contributed by atoms with Gasteiger partial charge in [0.25, 0.3) is 0 Å². The van der Waals surface area contributed by atoms with E-state index in [-0.39, 0.29) is 0 Å². The molecule has 53 heavy (non-hydrogen) atoms. The molecule has 0 bridgehead atoms. The zero-order valence-electron chi connectivity index (χ0n) is 29.9. The second-order valence-electron chi connectivity index (χ2n) is 14.6. The van der Waals surface area contributed by atoms with Gasteiger partial charge >= 0.3 is 0 Å². The van der Waals surface area contributed by atoms with Crippen LogP contribution >= 0.6 is 0 Å². The molecule has 1 aliphatic heterocycles. The molecule has 0 spiro atoms. The summed E-state index contributed by atoms with van der Waals surface area (Å²) in [4.78, 5) is 4.83. The Balaban J connectivity index is 1.16. The van der Waals surface area contributed by atoms with Gasteiger partial charge in [-0.15, -0.1) is 0 Å². The summed E-state index contributed by atoms with van der Waals surface area (Å²) in [5.41, 5.74) is 9.66. The van der Waals surface area contributed by atoms with Crippen LogP contribution in [0.5, 0.6) is 0 Å². The fraction of sp³-hybridized carbons (Fsp3) is 0.0400. The largest absolute Gasteiger partial charge is 0.311 e. The van der Waals surface area contributed by atoms with Gasteiger partial charge in [-0.25, -0.2) is 0 Å². The average Bonchev–Trinajstić information content (AvgIpc) is 3.21. The summed E-state index contributed by atoms with van der Waals surface area (Å²) in [6.45, 7) is 5.05. The van der Waals surface area contributed by atoms with E-state index in [1.807, 2.05) is 0 Å². The first-order chi connectivity index (χ1) is 26.1. The number of rotatable bonds is 6. The van der Waals surface area contributed by atoms with Gasteiger partial charge < -0.3 is 9.80 Å². The van der Waals surface area contributed by atoms with Crippen molar-refractivity contribution in [2.75, 3.05) is 9.80 Å². The normalized spacial score (nSPS) is 12.9. The maximum atomic E-state index is 2.53. The number of nitrogens with zero attached hydrogens (tertiary/aromatic N) is 2. The van der Waals surface area contributed by atoms with Crippen molar-refractivity contribution in [2.45, 2.75) is 13.1 Å². The highest BCUT2D eigenvalue weighted by atomic mass is 28.3. The van der Waals surface area contributed by atoms with Crippen LogP contribution in [-0.2, 0) is 0 Å². The monoisotopic (exact) mass is 694 g/mol. The molecule has 2 nitrogen and oxygen atoms in total. The van der Waals surface area contributed by atoms with Gasteiger partial charge in [0.1, 0.15) is 8.07 Å². The Hall–Kier alpha value is -6.42. The van der Waals surface area contributed by atoms with Crippen LogP contribution in [0.25, 0.3) is 43.4 Å². The molecule has 1 heterocycles. The fourth-order valence-corrected chi connectivity index (χ4v) is 11.7. The van der Waals surface area contributed by atoms with E-state index < -0.39 is 8.07 Å². The van der Waals surface area contributed by atoms with Crippen molar-refractivity contribution in [3.05, 3.63) is 194 Å². The lowest BCUT2D eigenvalue weighted by Crippen LogP contribution is -2.56. The fourth-order valence-electron chi connectivity index (χ4n) is 8.65. The highest BCUT2D eigenvalue weighted by molar-refractivity contribution is 7.03. The first kappa shape index (κ1) is 31.3. The predicted octanol–water partition coefficient (Wildman–Crippen LogP) is 12.9. The van der Waals surface area contributed by atoms with Crippen LogP contribution in [0, 0.1) is 0 Å². The van der Waals surface area contributed by atoms with Gasteiger partial charge in [-0.2, -0.15) is 0 Å². The molecular weight excluding hydrogens is 657 g/mol. The third-order valence-corrected chi connectivity index (χ3v) is 14.7. The van der Waals surface area contributed by atoms with Crippen molar-refractivity contribution in [1.29, 1.82) is 0 Å². The van der Waals surface area contributed by atoms with E-state index in [1.54, 1.807) is 0 Å². The Morgan fingerprint density at radius 2 is 0.887 bits per heavy atom. The van der Waals surface area contributed by atoms with Crippen molar-refractivity contribution in [3.63, 3.8) is 0 Å². The molecular formula is C50H38N2Si. The molecule has 0 fully saturated rings. The predicted molar refractivity (Wildman–Crippen MR) is 231 cm³/mol. The molecule has 9 aromatic rings. The summed E-state index contributed by atoms with van der Waals surface area (Å²) in [7, 11) is -2.17. The molecule has 0 atom stereocenters. The number of hydrogen-bond acceptors (Lipinski definition) is 2. The first-order valence-corrected chi connectivity index (χ1v) is 21.4. The molecule has 0 radical (unpaired) electrons. The Bertz CT molecular complexity index is 2770. The highest BCUT2D eigenvalue weighted by Crippen LogP contribution is 2.45. The van der Waals surface area contributed by atoms with Gasteiger partial charge in [0.15, 0.2) is 0 Å². The minimum atomic E-state index is -2.17. The van der Waals surface area contributed by atoms with Gasteiger partial charge in [-0.05, 0) is 115 Å². The standard InChI is InChI=1S/C50H38N2Si/c1-53(2)48-24-14-23-46-47(52(39-20-10-5-11-21-39)40-27-29-43-36(33-40)26-25-35-15-12-13-22-42(35)43)32-31-45(50(46)48)44-30-28-41(34-49(44)53)51(37-16-6-3-7-17-37)38-18-8-4-9-19-38/h3-34H,1-2H3. The molecule has 0 aliphatic carbocycles. The maximum absolute atomic E-state index is 2.53. The van der Waals surface area contributed by atoms with E-state index in [0.29, 0.717) is 0 Å². The van der Waals surface area contributed by atoms with Crippen molar-refractivity contribution in [2.24, 2.45) is 0 Å². The smallest absolute Gasteiger partial charge is 0.113 e. The highest BCUT2D eigenvalue weighted by Gasteiger charge is 2.37. The number of hydrogen-bond donors (Lipinski definition) is 0. The molecule has 0 unspecified atom stereocenters. The van der Waals surface area contributed by atoms with Gasteiger partial charge in [0.2, 0.25) is 0 Å². The summed E-state index contributed by atoms with van der Waals surface area (Å²) in [5, 5.41) is 10.7.